The van der Waals surface area contributed by atoms with E-state index < -0.39 is 0 Å². The van der Waals surface area contributed by atoms with Gasteiger partial charge in [0.15, 0.2) is 0 Å². The number of ether oxygens (including phenoxy) is 1. The third-order valence-electron chi connectivity index (χ3n) is 5.20. The van der Waals surface area contributed by atoms with Crippen molar-refractivity contribution in [2.24, 2.45) is 0 Å². The zero-order valence-corrected chi connectivity index (χ0v) is 15.6. The SMILES string of the molecule is c1nc(N2CCOCC2)cc(N2CCN(c3nnc(C4CC4)s3)CC2)n1. The van der Waals surface area contributed by atoms with Crippen LogP contribution in [0.4, 0.5) is 16.8 Å². The van der Waals surface area contributed by atoms with Crippen molar-refractivity contribution in [3.05, 3.63) is 17.4 Å². The Bertz CT molecular complexity index is 751. The van der Waals surface area contributed by atoms with Gasteiger partial charge in [0.1, 0.15) is 23.0 Å². The highest BCUT2D eigenvalue weighted by atomic mass is 32.1. The molecule has 0 unspecified atom stereocenters. The summed E-state index contributed by atoms with van der Waals surface area (Å²) in [5.41, 5.74) is 0. The molecule has 2 saturated heterocycles. The Balaban J connectivity index is 1.23. The summed E-state index contributed by atoms with van der Waals surface area (Å²) in [5, 5.41) is 11.1. The molecule has 0 spiro atoms. The smallest absolute Gasteiger partial charge is 0.208 e. The fraction of sp³-hybridized carbons (Fsp3) is 0.647. The molecule has 26 heavy (non-hydrogen) atoms. The van der Waals surface area contributed by atoms with Gasteiger partial charge in [0, 0.05) is 51.3 Å². The minimum atomic E-state index is 0.683. The van der Waals surface area contributed by atoms with Crippen LogP contribution in [-0.2, 0) is 4.74 Å². The molecule has 0 radical (unpaired) electrons. The summed E-state index contributed by atoms with van der Waals surface area (Å²) in [6.07, 6.45) is 4.24. The maximum Gasteiger partial charge on any atom is 0.208 e. The largest absolute Gasteiger partial charge is 0.378 e. The van der Waals surface area contributed by atoms with Crippen LogP contribution in [0, 0.1) is 0 Å². The lowest BCUT2D eigenvalue weighted by molar-refractivity contribution is 0.122. The first kappa shape index (κ1) is 16.2. The van der Waals surface area contributed by atoms with Crippen molar-refractivity contribution >= 4 is 28.1 Å². The van der Waals surface area contributed by atoms with Crippen molar-refractivity contribution in [1.82, 2.24) is 20.2 Å². The van der Waals surface area contributed by atoms with E-state index >= 15 is 0 Å². The molecule has 0 aromatic carbocycles. The van der Waals surface area contributed by atoms with Crippen LogP contribution in [0.3, 0.4) is 0 Å². The Morgan fingerprint density at radius 2 is 1.50 bits per heavy atom. The zero-order valence-electron chi connectivity index (χ0n) is 14.8. The van der Waals surface area contributed by atoms with Crippen molar-refractivity contribution in [2.45, 2.75) is 18.8 Å². The van der Waals surface area contributed by atoms with Gasteiger partial charge in [0.25, 0.3) is 0 Å². The molecule has 1 saturated carbocycles. The standard InChI is InChI=1S/C17H23N7OS/c1-2-13(1)16-20-21-17(26-16)24-5-3-22(4-6-24)14-11-15(19-12-18-14)23-7-9-25-10-8-23/h11-13H,1-10H2. The Morgan fingerprint density at radius 1 is 0.846 bits per heavy atom. The molecule has 0 N–H and O–H groups in total. The maximum atomic E-state index is 5.43. The second kappa shape index (κ2) is 6.96. The quantitative estimate of drug-likeness (QED) is 0.796. The van der Waals surface area contributed by atoms with Crippen molar-refractivity contribution in [2.75, 3.05) is 67.2 Å². The topological polar surface area (TPSA) is 70.5 Å². The Hall–Kier alpha value is -2.00. The molecule has 3 fully saturated rings. The molecule has 0 atom stereocenters. The summed E-state index contributed by atoms with van der Waals surface area (Å²) >= 11 is 1.77. The molecule has 0 bridgehead atoms. The molecule has 4 heterocycles. The summed E-state index contributed by atoms with van der Waals surface area (Å²) in [7, 11) is 0. The van der Waals surface area contributed by atoms with Gasteiger partial charge in [0.2, 0.25) is 5.13 Å². The molecule has 138 valence electrons. The van der Waals surface area contributed by atoms with E-state index in [2.05, 4.69) is 40.9 Å². The first-order chi connectivity index (χ1) is 12.9. The van der Waals surface area contributed by atoms with E-state index in [1.807, 2.05) is 0 Å². The Kier molecular flexibility index (Phi) is 4.33. The van der Waals surface area contributed by atoms with E-state index in [1.54, 1.807) is 17.7 Å². The fourth-order valence-corrected chi connectivity index (χ4v) is 4.52. The molecule has 2 aliphatic heterocycles. The van der Waals surface area contributed by atoms with E-state index in [1.165, 1.54) is 17.8 Å². The number of aromatic nitrogens is 4. The Morgan fingerprint density at radius 3 is 2.19 bits per heavy atom. The van der Waals surface area contributed by atoms with Gasteiger partial charge in [-0.25, -0.2) is 9.97 Å². The van der Waals surface area contributed by atoms with Gasteiger partial charge in [0.05, 0.1) is 13.2 Å². The van der Waals surface area contributed by atoms with Gasteiger partial charge in [-0.05, 0) is 12.8 Å². The third kappa shape index (κ3) is 3.33. The fourth-order valence-electron chi connectivity index (χ4n) is 3.45. The number of hydrogen-bond acceptors (Lipinski definition) is 9. The minimum Gasteiger partial charge on any atom is -0.378 e. The number of anilines is 3. The van der Waals surface area contributed by atoms with Crippen molar-refractivity contribution in [3.8, 4) is 0 Å². The van der Waals surface area contributed by atoms with Crippen molar-refractivity contribution in [3.63, 3.8) is 0 Å². The zero-order chi connectivity index (χ0) is 17.3. The van der Waals surface area contributed by atoms with E-state index in [0.29, 0.717) is 5.92 Å². The van der Waals surface area contributed by atoms with Crippen LogP contribution in [0.1, 0.15) is 23.8 Å². The van der Waals surface area contributed by atoms with Crippen LogP contribution in [0.15, 0.2) is 12.4 Å². The van der Waals surface area contributed by atoms with Crippen LogP contribution in [0.5, 0.6) is 0 Å². The first-order valence-corrected chi connectivity index (χ1v) is 10.2. The van der Waals surface area contributed by atoms with E-state index in [0.717, 1.165) is 69.2 Å². The highest BCUT2D eigenvalue weighted by molar-refractivity contribution is 7.15. The van der Waals surface area contributed by atoms with E-state index in [9.17, 15) is 0 Å². The highest BCUT2D eigenvalue weighted by Gasteiger charge is 2.29. The second-order valence-corrected chi connectivity index (χ2v) is 7.99. The van der Waals surface area contributed by atoms with Gasteiger partial charge in [-0.2, -0.15) is 0 Å². The highest BCUT2D eigenvalue weighted by Crippen LogP contribution is 2.42. The van der Waals surface area contributed by atoms with Crippen LogP contribution in [0.2, 0.25) is 0 Å². The Labute approximate surface area is 156 Å². The molecule has 2 aromatic rings. The van der Waals surface area contributed by atoms with Crippen LogP contribution < -0.4 is 14.7 Å². The van der Waals surface area contributed by atoms with Crippen LogP contribution >= 0.6 is 11.3 Å². The predicted molar refractivity (Wildman–Crippen MR) is 101 cm³/mol. The molecule has 2 aromatic heterocycles. The molecule has 0 amide bonds. The molecular weight excluding hydrogens is 350 g/mol. The average Bonchev–Trinajstić information content (AvgIpc) is 3.46. The number of morpholine rings is 1. The maximum absolute atomic E-state index is 5.43. The molecule has 1 aliphatic carbocycles. The van der Waals surface area contributed by atoms with Crippen LogP contribution in [0.25, 0.3) is 0 Å². The summed E-state index contributed by atoms with van der Waals surface area (Å²) in [4.78, 5) is 15.9. The van der Waals surface area contributed by atoms with Gasteiger partial charge in [-0.3, -0.25) is 0 Å². The molecule has 5 rings (SSSR count). The molecular formula is C17H23N7OS. The van der Waals surface area contributed by atoms with Crippen LogP contribution in [-0.4, -0.2) is 72.6 Å². The van der Waals surface area contributed by atoms with Gasteiger partial charge >= 0.3 is 0 Å². The summed E-state index contributed by atoms with van der Waals surface area (Å²) < 4.78 is 5.43. The lowest BCUT2D eigenvalue weighted by atomic mass is 10.3. The monoisotopic (exact) mass is 373 g/mol. The molecule has 3 aliphatic rings. The molecule has 9 heteroatoms. The summed E-state index contributed by atoms with van der Waals surface area (Å²) in [5.74, 6) is 2.69. The summed E-state index contributed by atoms with van der Waals surface area (Å²) in [6, 6.07) is 2.11. The van der Waals surface area contributed by atoms with Gasteiger partial charge in [-0.1, -0.05) is 11.3 Å². The van der Waals surface area contributed by atoms with Crippen molar-refractivity contribution in [1.29, 1.82) is 0 Å². The van der Waals surface area contributed by atoms with Gasteiger partial charge < -0.3 is 19.4 Å². The predicted octanol–water partition coefficient (Wildman–Crippen LogP) is 1.37. The average molecular weight is 373 g/mol. The number of hydrogen-bond donors (Lipinski definition) is 0. The van der Waals surface area contributed by atoms with Gasteiger partial charge in [-0.15, -0.1) is 10.2 Å². The number of rotatable bonds is 4. The normalized spacial score (nSPS) is 21.3. The van der Waals surface area contributed by atoms with E-state index in [4.69, 9.17) is 4.74 Å². The number of piperazine rings is 1. The van der Waals surface area contributed by atoms with Crippen molar-refractivity contribution < 1.29 is 4.74 Å². The van der Waals surface area contributed by atoms with E-state index in [-0.39, 0.29) is 0 Å². The number of nitrogens with zero attached hydrogens (tertiary/aromatic N) is 7. The lowest BCUT2D eigenvalue weighted by Gasteiger charge is -2.35. The summed E-state index contributed by atoms with van der Waals surface area (Å²) in [6.45, 7) is 7.11. The first-order valence-electron chi connectivity index (χ1n) is 9.35. The second-order valence-electron chi connectivity index (χ2n) is 7.01. The molecule has 8 nitrogen and oxygen atoms in total. The minimum absolute atomic E-state index is 0.683. The lowest BCUT2D eigenvalue weighted by Crippen LogP contribution is -2.47. The third-order valence-corrected chi connectivity index (χ3v) is 6.35.